The first-order chi connectivity index (χ1) is 9.60. The normalized spacial score (nSPS) is 19.8. The van der Waals surface area contributed by atoms with Gasteiger partial charge in [-0.25, -0.2) is 8.42 Å². The van der Waals surface area contributed by atoms with Gasteiger partial charge in [0.1, 0.15) is 10.4 Å². The Balaban J connectivity index is 2.57. The third-order valence-electron chi connectivity index (χ3n) is 3.68. The summed E-state index contributed by atoms with van der Waals surface area (Å²) in [6.45, 7) is 3.68. The average molecular weight is 332 g/mol. The third kappa shape index (κ3) is 2.49. The highest BCUT2D eigenvalue weighted by molar-refractivity contribution is 7.89. The lowest BCUT2D eigenvalue weighted by atomic mass is 10.0. The van der Waals surface area contributed by atoms with Crippen LogP contribution < -0.4 is 5.73 Å². The number of piperazine rings is 1. The van der Waals surface area contributed by atoms with E-state index in [1.54, 1.807) is 27.0 Å². The van der Waals surface area contributed by atoms with E-state index in [1.807, 2.05) is 0 Å². The van der Waals surface area contributed by atoms with Crippen LogP contribution in [-0.4, -0.2) is 49.2 Å². The number of benzene rings is 1. The van der Waals surface area contributed by atoms with Crippen LogP contribution in [0, 0.1) is 0 Å². The molecule has 1 heterocycles. The zero-order valence-electron chi connectivity index (χ0n) is 12.1. The highest BCUT2D eigenvalue weighted by Crippen LogP contribution is 2.35. The van der Waals surface area contributed by atoms with Crippen molar-refractivity contribution in [2.45, 2.75) is 24.3 Å². The highest BCUT2D eigenvalue weighted by Gasteiger charge is 2.47. The van der Waals surface area contributed by atoms with Crippen molar-refractivity contribution in [1.29, 1.82) is 0 Å². The van der Waals surface area contributed by atoms with E-state index in [1.165, 1.54) is 21.3 Å². The van der Waals surface area contributed by atoms with E-state index in [2.05, 4.69) is 0 Å². The van der Waals surface area contributed by atoms with Gasteiger partial charge in [-0.3, -0.25) is 4.79 Å². The molecule has 0 atom stereocenters. The minimum absolute atomic E-state index is 0.0529. The molecule has 1 saturated heterocycles. The maximum absolute atomic E-state index is 12.9. The third-order valence-corrected chi connectivity index (χ3v) is 6.30. The van der Waals surface area contributed by atoms with Crippen LogP contribution in [0.2, 0.25) is 5.02 Å². The zero-order valence-corrected chi connectivity index (χ0v) is 13.7. The Morgan fingerprint density at radius 2 is 1.90 bits per heavy atom. The molecule has 0 aliphatic carbocycles. The number of nitrogens with zero attached hydrogens (tertiary/aromatic N) is 2. The summed E-state index contributed by atoms with van der Waals surface area (Å²) in [5.74, 6) is -0.261. The number of carbonyl (C=O) groups excluding carboxylic acids is 1. The van der Waals surface area contributed by atoms with Crippen molar-refractivity contribution in [2.75, 3.05) is 25.9 Å². The summed E-state index contributed by atoms with van der Waals surface area (Å²) in [4.78, 5) is 13.6. The Kier molecular flexibility index (Phi) is 3.94. The van der Waals surface area contributed by atoms with E-state index in [9.17, 15) is 13.2 Å². The molecule has 6 nitrogen and oxygen atoms in total. The van der Waals surface area contributed by atoms with E-state index in [0.717, 1.165) is 0 Å². The van der Waals surface area contributed by atoms with Crippen LogP contribution in [0.15, 0.2) is 23.1 Å². The summed E-state index contributed by atoms with van der Waals surface area (Å²) in [6, 6.07) is 4.52. The first-order valence-electron chi connectivity index (χ1n) is 6.42. The van der Waals surface area contributed by atoms with Crippen LogP contribution in [-0.2, 0) is 14.8 Å². The van der Waals surface area contributed by atoms with Crippen LogP contribution in [0.25, 0.3) is 0 Å². The Hall–Kier alpha value is -1.31. The van der Waals surface area contributed by atoms with Crippen molar-refractivity contribution >= 4 is 33.2 Å². The lowest BCUT2D eigenvalue weighted by molar-refractivity contribution is -0.142. The lowest BCUT2D eigenvalue weighted by Crippen LogP contribution is -2.63. The van der Waals surface area contributed by atoms with Gasteiger partial charge in [0.05, 0.1) is 10.7 Å². The second kappa shape index (κ2) is 5.15. The van der Waals surface area contributed by atoms with Crippen LogP contribution in [0.4, 0.5) is 5.69 Å². The number of hydrogen-bond acceptors (Lipinski definition) is 4. The molecule has 0 saturated carbocycles. The number of anilines is 1. The second-order valence-corrected chi connectivity index (χ2v) is 7.73. The summed E-state index contributed by atoms with van der Waals surface area (Å²) in [7, 11) is -2.31. The monoisotopic (exact) mass is 331 g/mol. The smallest absolute Gasteiger partial charge is 0.247 e. The summed E-state index contributed by atoms with van der Waals surface area (Å²) in [5.41, 5.74) is 4.67. The Labute approximate surface area is 129 Å². The number of halogens is 1. The van der Waals surface area contributed by atoms with Crippen molar-refractivity contribution in [1.82, 2.24) is 9.21 Å². The molecule has 21 heavy (non-hydrogen) atoms. The largest absolute Gasteiger partial charge is 0.398 e. The van der Waals surface area contributed by atoms with E-state index in [4.69, 9.17) is 17.3 Å². The molecule has 1 fully saturated rings. The number of nitrogens with two attached hydrogens (primary N) is 1. The van der Waals surface area contributed by atoms with Gasteiger partial charge >= 0.3 is 0 Å². The fourth-order valence-electron chi connectivity index (χ4n) is 2.52. The summed E-state index contributed by atoms with van der Waals surface area (Å²) in [6.07, 6.45) is 0. The molecule has 1 aliphatic rings. The van der Waals surface area contributed by atoms with E-state index in [-0.39, 0.29) is 28.1 Å². The molecule has 0 spiro atoms. The molecule has 0 radical (unpaired) electrons. The lowest BCUT2D eigenvalue weighted by Gasteiger charge is -2.43. The fourth-order valence-corrected chi connectivity index (χ4v) is 4.90. The Bertz CT molecular complexity index is 668. The van der Waals surface area contributed by atoms with Gasteiger partial charge < -0.3 is 10.6 Å². The highest BCUT2D eigenvalue weighted by atomic mass is 35.5. The molecule has 116 valence electrons. The van der Waals surface area contributed by atoms with Gasteiger partial charge in [0.15, 0.2) is 0 Å². The predicted molar refractivity (Wildman–Crippen MR) is 81.5 cm³/mol. The van der Waals surface area contributed by atoms with Gasteiger partial charge in [-0.15, -0.1) is 0 Å². The summed E-state index contributed by atoms with van der Waals surface area (Å²) in [5, 5.41) is 0.0529. The molecular weight excluding hydrogens is 314 g/mol. The van der Waals surface area contributed by atoms with Crippen LogP contribution in [0.5, 0.6) is 0 Å². The minimum atomic E-state index is -3.96. The molecule has 1 aromatic carbocycles. The molecule has 0 bridgehead atoms. The standard InChI is InChI=1S/C13H18ClN3O3S/c1-13(2)12(18)16(3)7-8-17(13)21(19,20)11-9(14)5-4-6-10(11)15/h4-6H,7-8,15H2,1-3H3. The maximum Gasteiger partial charge on any atom is 0.247 e. The number of likely N-dealkylation sites (N-methyl/N-ethyl adjacent to an activating group) is 1. The van der Waals surface area contributed by atoms with Crippen molar-refractivity contribution in [2.24, 2.45) is 0 Å². The number of hydrogen-bond donors (Lipinski definition) is 1. The quantitative estimate of drug-likeness (QED) is 0.824. The van der Waals surface area contributed by atoms with Gasteiger partial charge in [0, 0.05) is 20.1 Å². The fraction of sp³-hybridized carbons (Fsp3) is 0.462. The summed E-state index contributed by atoms with van der Waals surface area (Å²) < 4.78 is 26.9. The second-order valence-electron chi connectivity index (χ2n) is 5.52. The molecular formula is C13H18ClN3O3S. The van der Waals surface area contributed by atoms with Crippen molar-refractivity contribution in [3.63, 3.8) is 0 Å². The van der Waals surface area contributed by atoms with Gasteiger partial charge in [-0.1, -0.05) is 17.7 Å². The van der Waals surface area contributed by atoms with Crippen molar-refractivity contribution in [3.05, 3.63) is 23.2 Å². The first-order valence-corrected chi connectivity index (χ1v) is 8.24. The van der Waals surface area contributed by atoms with E-state index < -0.39 is 15.6 Å². The van der Waals surface area contributed by atoms with Gasteiger partial charge in [0.2, 0.25) is 15.9 Å². The molecule has 1 amide bonds. The molecule has 0 unspecified atom stereocenters. The van der Waals surface area contributed by atoms with Gasteiger partial charge in [-0.2, -0.15) is 4.31 Å². The first kappa shape index (κ1) is 16.1. The Morgan fingerprint density at radius 3 is 2.48 bits per heavy atom. The molecule has 2 N–H and O–H groups in total. The molecule has 1 aliphatic heterocycles. The molecule has 1 aromatic rings. The van der Waals surface area contributed by atoms with E-state index >= 15 is 0 Å². The zero-order chi connectivity index (χ0) is 16.0. The number of carbonyl (C=O) groups is 1. The van der Waals surface area contributed by atoms with Crippen molar-refractivity contribution in [3.8, 4) is 0 Å². The maximum atomic E-state index is 12.9. The Morgan fingerprint density at radius 1 is 1.29 bits per heavy atom. The topological polar surface area (TPSA) is 83.7 Å². The summed E-state index contributed by atoms with van der Waals surface area (Å²) >= 11 is 6.01. The van der Waals surface area contributed by atoms with Crippen LogP contribution >= 0.6 is 11.6 Å². The number of rotatable bonds is 2. The van der Waals surface area contributed by atoms with Crippen molar-refractivity contribution < 1.29 is 13.2 Å². The predicted octanol–water partition coefficient (Wildman–Crippen LogP) is 1.16. The average Bonchev–Trinajstić information content (AvgIpc) is 2.35. The number of nitrogen functional groups attached to an aromatic ring is 1. The van der Waals surface area contributed by atoms with Gasteiger partial charge in [0.25, 0.3) is 0 Å². The number of amides is 1. The van der Waals surface area contributed by atoms with E-state index in [0.29, 0.717) is 6.54 Å². The SMILES string of the molecule is CN1CCN(S(=O)(=O)c2c(N)cccc2Cl)C(C)(C)C1=O. The number of sulfonamides is 1. The minimum Gasteiger partial charge on any atom is -0.398 e. The molecule has 0 aromatic heterocycles. The van der Waals surface area contributed by atoms with Crippen LogP contribution in [0.1, 0.15) is 13.8 Å². The van der Waals surface area contributed by atoms with Gasteiger partial charge in [-0.05, 0) is 26.0 Å². The molecule has 2 rings (SSSR count). The van der Waals surface area contributed by atoms with Crippen LogP contribution in [0.3, 0.4) is 0 Å². The molecule has 8 heteroatoms.